The van der Waals surface area contributed by atoms with Crippen LogP contribution in [0.2, 0.25) is 0 Å². The van der Waals surface area contributed by atoms with E-state index in [4.69, 9.17) is 4.42 Å². The van der Waals surface area contributed by atoms with Gasteiger partial charge in [0.25, 0.3) is 0 Å². The van der Waals surface area contributed by atoms with Crippen molar-refractivity contribution in [1.82, 2.24) is 14.9 Å². The quantitative estimate of drug-likeness (QED) is 0.787. The first kappa shape index (κ1) is 12.9. The van der Waals surface area contributed by atoms with Gasteiger partial charge in [0.15, 0.2) is 0 Å². The number of nitrogens with one attached hydrogen (secondary N) is 1. The molecule has 0 aliphatic rings. The van der Waals surface area contributed by atoms with Crippen molar-refractivity contribution >= 4 is 11.0 Å². The lowest BCUT2D eigenvalue weighted by molar-refractivity contribution is 0.405. The predicted octanol–water partition coefficient (Wildman–Crippen LogP) is 3.58. The molecule has 1 N–H and O–H groups in total. The van der Waals surface area contributed by atoms with Crippen molar-refractivity contribution in [2.45, 2.75) is 25.9 Å². The van der Waals surface area contributed by atoms with Gasteiger partial charge in [0.2, 0.25) is 0 Å². The number of aryl methyl sites for hydroxylation is 1. The molecule has 104 valence electrons. The number of fused-ring (bicyclic) bond motifs is 1. The number of furan rings is 1. The van der Waals surface area contributed by atoms with Crippen LogP contribution in [-0.4, -0.2) is 9.55 Å². The molecular formula is C16H19N3O. The number of rotatable bonds is 4. The molecule has 20 heavy (non-hydrogen) atoms. The second-order valence-electron chi connectivity index (χ2n) is 5.19. The van der Waals surface area contributed by atoms with E-state index in [0.29, 0.717) is 0 Å². The molecule has 0 aliphatic carbocycles. The Morgan fingerprint density at radius 1 is 1.20 bits per heavy atom. The summed E-state index contributed by atoms with van der Waals surface area (Å²) in [6, 6.07) is 10.5. The molecule has 4 heteroatoms. The van der Waals surface area contributed by atoms with Crippen molar-refractivity contribution in [1.29, 1.82) is 0 Å². The summed E-state index contributed by atoms with van der Waals surface area (Å²) in [6.45, 7) is 4.22. The van der Waals surface area contributed by atoms with Gasteiger partial charge >= 0.3 is 0 Å². The number of para-hydroxylation sites is 1. The Hall–Kier alpha value is -2.07. The Morgan fingerprint density at radius 3 is 2.70 bits per heavy atom. The third kappa shape index (κ3) is 2.34. The minimum Gasteiger partial charge on any atom is -0.459 e. The molecule has 2 aromatic heterocycles. The van der Waals surface area contributed by atoms with Gasteiger partial charge in [-0.05, 0) is 26.0 Å². The summed E-state index contributed by atoms with van der Waals surface area (Å²) in [7, 11) is 2.01. The minimum absolute atomic E-state index is 0.133. The Kier molecular flexibility index (Phi) is 3.32. The molecule has 0 saturated heterocycles. The van der Waals surface area contributed by atoms with E-state index in [-0.39, 0.29) is 12.1 Å². The molecule has 0 aliphatic heterocycles. The zero-order valence-corrected chi connectivity index (χ0v) is 12.0. The van der Waals surface area contributed by atoms with E-state index in [1.54, 1.807) is 0 Å². The number of imidazole rings is 1. The van der Waals surface area contributed by atoms with E-state index >= 15 is 0 Å². The van der Waals surface area contributed by atoms with Crippen LogP contribution in [0.3, 0.4) is 0 Å². The third-order valence-electron chi connectivity index (χ3n) is 3.62. The molecule has 0 fully saturated rings. The summed E-state index contributed by atoms with van der Waals surface area (Å²) in [5.41, 5.74) is 0.931. The maximum atomic E-state index is 5.89. The average molecular weight is 269 g/mol. The van der Waals surface area contributed by atoms with Gasteiger partial charge in [0.1, 0.15) is 17.2 Å². The Labute approximate surface area is 118 Å². The summed E-state index contributed by atoms with van der Waals surface area (Å²) >= 11 is 0. The highest BCUT2D eigenvalue weighted by Gasteiger charge is 2.17. The normalized spacial score (nSPS) is 14.6. The van der Waals surface area contributed by atoms with Gasteiger partial charge in [-0.15, -0.1) is 0 Å². The highest BCUT2D eigenvalue weighted by atomic mass is 16.3. The average Bonchev–Trinajstić information content (AvgIpc) is 3.04. The van der Waals surface area contributed by atoms with Gasteiger partial charge in [0, 0.05) is 24.8 Å². The SMILES string of the molecule is CC(NC(C)c1nccn1C)c1cc2ccccc2o1. The smallest absolute Gasteiger partial charge is 0.134 e. The van der Waals surface area contributed by atoms with Crippen LogP contribution in [0.5, 0.6) is 0 Å². The zero-order chi connectivity index (χ0) is 14.1. The fourth-order valence-electron chi connectivity index (χ4n) is 2.54. The highest BCUT2D eigenvalue weighted by Crippen LogP contribution is 2.25. The molecule has 0 bridgehead atoms. The standard InChI is InChI=1S/C16H19N3O/c1-11(18-12(2)16-17-8-9-19(16)3)15-10-13-6-4-5-7-14(13)20-15/h4-12,18H,1-3H3. The number of hydrogen-bond acceptors (Lipinski definition) is 3. The zero-order valence-electron chi connectivity index (χ0n) is 12.0. The molecule has 0 radical (unpaired) electrons. The molecule has 3 aromatic rings. The summed E-state index contributed by atoms with van der Waals surface area (Å²) in [4.78, 5) is 4.38. The second kappa shape index (κ2) is 5.13. The van der Waals surface area contributed by atoms with Gasteiger partial charge in [-0.2, -0.15) is 0 Å². The van der Waals surface area contributed by atoms with Crippen LogP contribution >= 0.6 is 0 Å². The van der Waals surface area contributed by atoms with Crippen LogP contribution in [0, 0.1) is 0 Å². The molecule has 2 unspecified atom stereocenters. The molecule has 3 rings (SSSR count). The third-order valence-corrected chi connectivity index (χ3v) is 3.62. The van der Waals surface area contributed by atoms with Gasteiger partial charge in [0.05, 0.1) is 12.1 Å². The predicted molar refractivity (Wildman–Crippen MR) is 79.4 cm³/mol. The second-order valence-corrected chi connectivity index (χ2v) is 5.19. The van der Waals surface area contributed by atoms with E-state index in [2.05, 4.69) is 36.3 Å². The molecule has 4 nitrogen and oxygen atoms in total. The van der Waals surface area contributed by atoms with Gasteiger partial charge in [-0.25, -0.2) is 4.98 Å². The Bertz CT molecular complexity index is 680. The fraction of sp³-hybridized carbons (Fsp3) is 0.312. The maximum Gasteiger partial charge on any atom is 0.134 e. The van der Waals surface area contributed by atoms with Crippen LogP contribution in [-0.2, 0) is 7.05 Å². The lowest BCUT2D eigenvalue weighted by Crippen LogP contribution is -2.24. The molecular weight excluding hydrogens is 250 g/mol. The largest absolute Gasteiger partial charge is 0.459 e. The molecule has 0 amide bonds. The van der Waals surface area contributed by atoms with Crippen LogP contribution in [0.1, 0.15) is 37.5 Å². The van der Waals surface area contributed by atoms with Crippen molar-refractivity contribution in [3.8, 4) is 0 Å². The Balaban J connectivity index is 1.79. The Morgan fingerprint density at radius 2 is 2.00 bits per heavy atom. The van der Waals surface area contributed by atoms with Crippen molar-refractivity contribution in [3.05, 3.63) is 54.3 Å². The number of benzene rings is 1. The molecule has 1 aromatic carbocycles. The van der Waals surface area contributed by atoms with E-state index in [1.807, 2.05) is 42.2 Å². The van der Waals surface area contributed by atoms with E-state index in [9.17, 15) is 0 Å². The van der Waals surface area contributed by atoms with Crippen LogP contribution in [0.25, 0.3) is 11.0 Å². The van der Waals surface area contributed by atoms with E-state index in [0.717, 1.165) is 22.6 Å². The van der Waals surface area contributed by atoms with Crippen LogP contribution < -0.4 is 5.32 Å². The number of hydrogen-bond donors (Lipinski definition) is 1. The van der Waals surface area contributed by atoms with Crippen molar-refractivity contribution < 1.29 is 4.42 Å². The van der Waals surface area contributed by atoms with Gasteiger partial charge < -0.3 is 8.98 Å². The first-order valence-corrected chi connectivity index (χ1v) is 6.87. The van der Waals surface area contributed by atoms with Crippen molar-refractivity contribution in [3.63, 3.8) is 0 Å². The lowest BCUT2D eigenvalue weighted by Gasteiger charge is -2.18. The molecule has 2 heterocycles. The van der Waals surface area contributed by atoms with Crippen LogP contribution in [0.4, 0.5) is 0 Å². The van der Waals surface area contributed by atoms with Gasteiger partial charge in [-0.1, -0.05) is 18.2 Å². The first-order valence-electron chi connectivity index (χ1n) is 6.87. The lowest BCUT2D eigenvalue weighted by atomic mass is 10.2. The summed E-state index contributed by atoms with van der Waals surface area (Å²) < 4.78 is 7.92. The van der Waals surface area contributed by atoms with E-state index in [1.165, 1.54) is 0 Å². The first-order chi connectivity index (χ1) is 9.65. The molecule has 0 spiro atoms. The number of nitrogens with zero attached hydrogens (tertiary/aromatic N) is 2. The summed E-state index contributed by atoms with van der Waals surface area (Å²) in [5.74, 6) is 1.97. The monoisotopic (exact) mass is 269 g/mol. The molecule has 0 saturated carbocycles. The fourth-order valence-corrected chi connectivity index (χ4v) is 2.54. The minimum atomic E-state index is 0.133. The maximum absolute atomic E-state index is 5.89. The van der Waals surface area contributed by atoms with E-state index < -0.39 is 0 Å². The van der Waals surface area contributed by atoms with Crippen molar-refractivity contribution in [2.75, 3.05) is 0 Å². The van der Waals surface area contributed by atoms with Crippen LogP contribution in [0.15, 0.2) is 47.1 Å². The van der Waals surface area contributed by atoms with Crippen molar-refractivity contribution in [2.24, 2.45) is 7.05 Å². The van der Waals surface area contributed by atoms with Gasteiger partial charge in [-0.3, -0.25) is 5.32 Å². The number of aromatic nitrogens is 2. The highest BCUT2D eigenvalue weighted by molar-refractivity contribution is 5.77. The summed E-state index contributed by atoms with van der Waals surface area (Å²) in [5, 5.41) is 4.66. The summed E-state index contributed by atoms with van der Waals surface area (Å²) in [6.07, 6.45) is 3.78. The topological polar surface area (TPSA) is 43.0 Å². The molecule has 2 atom stereocenters.